The lowest BCUT2D eigenvalue weighted by Gasteiger charge is -2.09. The van der Waals surface area contributed by atoms with Gasteiger partial charge in [0.1, 0.15) is 10.5 Å². The molecule has 1 aromatic heterocycles. The number of rotatable bonds is 2. The molecule has 0 bridgehead atoms. The maximum atomic E-state index is 5.92. The molecule has 0 aliphatic heterocycles. The van der Waals surface area contributed by atoms with Crippen LogP contribution in [0, 0.1) is 11.6 Å². The van der Waals surface area contributed by atoms with E-state index in [2.05, 4.69) is 9.97 Å². The molecule has 1 aliphatic carbocycles. The predicted octanol–water partition coefficient (Wildman–Crippen LogP) is 4.65. The van der Waals surface area contributed by atoms with Gasteiger partial charge in [-0.25, -0.2) is 4.98 Å². The molecule has 1 aliphatic rings. The second kappa shape index (κ2) is 4.48. The van der Waals surface area contributed by atoms with Crippen LogP contribution >= 0.6 is 23.8 Å². The summed E-state index contributed by atoms with van der Waals surface area (Å²) in [6.45, 7) is 2.01. The van der Waals surface area contributed by atoms with E-state index in [1.54, 1.807) is 0 Å². The molecular formula is C14H13ClN2S. The first-order valence-corrected chi connectivity index (χ1v) is 6.80. The van der Waals surface area contributed by atoms with Crippen LogP contribution in [0.1, 0.15) is 30.1 Å². The fraction of sp³-hybridized carbons (Fsp3) is 0.286. The van der Waals surface area contributed by atoms with Crippen LogP contribution in [0.15, 0.2) is 24.3 Å². The van der Waals surface area contributed by atoms with E-state index in [0.29, 0.717) is 10.6 Å². The van der Waals surface area contributed by atoms with Crippen molar-refractivity contribution in [1.29, 1.82) is 0 Å². The third kappa shape index (κ3) is 2.20. The topological polar surface area (TPSA) is 28.7 Å². The first-order valence-electron chi connectivity index (χ1n) is 6.02. The molecule has 1 aromatic carbocycles. The average molecular weight is 277 g/mol. The molecule has 18 heavy (non-hydrogen) atoms. The van der Waals surface area contributed by atoms with Crippen LogP contribution in [0.25, 0.3) is 11.3 Å². The van der Waals surface area contributed by atoms with Crippen LogP contribution in [0.2, 0.25) is 5.02 Å². The van der Waals surface area contributed by atoms with Gasteiger partial charge in [-0.05, 0) is 37.5 Å². The number of benzene rings is 1. The summed E-state index contributed by atoms with van der Waals surface area (Å²) in [5.41, 5.74) is 3.19. The number of hydrogen-bond acceptors (Lipinski definition) is 2. The Morgan fingerprint density at radius 3 is 2.56 bits per heavy atom. The number of nitrogens with one attached hydrogen (secondary N) is 1. The fourth-order valence-corrected chi connectivity index (χ4v) is 2.33. The first-order chi connectivity index (χ1) is 8.65. The van der Waals surface area contributed by atoms with Crippen LogP contribution in [-0.2, 0) is 0 Å². The summed E-state index contributed by atoms with van der Waals surface area (Å²) in [7, 11) is 0. The Balaban J connectivity index is 2.15. The van der Waals surface area contributed by atoms with Crippen LogP contribution in [0.4, 0.5) is 0 Å². The minimum Gasteiger partial charge on any atom is -0.343 e. The van der Waals surface area contributed by atoms with Crippen molar-refractivity contribution < 1.29 is 0 Å². The van der Waals surface area contributed by atoms with E-state index in [1.165, 1.54) is 12.8 Å². The van der Waals surface area contributed by atoms with Crippen LogP contribution in [0.5, 0.6) is 0 Å². The lowest BCUT2D eigenvalue weighted by atomic mass is 10.1. The standard InChI is InChI=1S/C14H13ClN2S/c1-8-12(9-4-6-11(15)7-5-9)16-13(10-2-3-10)17-14(8)18/h4-7,10H,2-3H2,1H3,(H,16,17,18). The number of H-pyrrole nitrogens is 1. The summed E-state index contributed by atoms with van der Waals surface area (Å²) in [4.78, 5) is 7.90. The Morgan fingerprint density at radius 1 is 1.28 bits per heavy atom. The summed E-state index contributed by atoms with van der Waals surface area (Å²) in [6, 6.07) is 7.80. The maximum Gasteiger partial charge on any atom is 0.133 e. The number of aromatic nitrogens is 2. The van der Waals surface area contributed by atoms with Crippen molar-refractivity contribution in [2.75, 3.05) is 0 Å². The Hall–Kier alpha value is -1.19. The molecule has 0 spiro atoms. The molecule has 1 heterocycles. The summed E-state index contributed by atoms with van der Waals surface area (Å²) in [6.07, 6.45) is 2.42. The second-order valence-electron chi connectivity index (χ2n) is 4.71. The Kier molecular flexibility index (Phi) is 2.96. The number of nitrogens with zero attached hydrogens (tertiary/aromatic N) is 1. The van der Waals surface area contributed by atoms with Gasteiger partial charge in [0.2, 0.25) is 0 Å². The van der Waals surface area contributed by atoms with Crippen LogP contribution in [-0.4, -0.2) is 9.97 Å². The van der Waals surface area contributed by atoms with E-state index in [4.69, 9.17) is 23.8 Å². The molecular weight excluding hydrogens is 264 g/mol. The zero-order valence-electron chi connectivity index (χ0n) is 10.0. The van der Waals surface area contributed by atoms with Crippen molar-refractivity contribution in [3.05, 3.63) is 45.3 Å². The highest BCUT2D eigenvalue weighted by atomic mass is 35.5. The molecule has 3 rings (SSSR count). The Bertz CT molecular complexity index is 642. The van der Waals surface area contributed by atoms with Crippen molar-refractivity contribution >= 4 is 23.8 Å². The zero-order chi connectivity index (χ0) is 12.7. The molecule has 0 unspecified atom stereocenters. The van der Waals surface area contributed by atoms with Gasteiger partial charge in [-0.15, -0.1) is 0 Å². The Morgan fingerprint density at radius 2 is 1.94 bits per heavy atom. The average Bonchev–Trinajstić information content (AvgIpc) is 3.18. The molecule has 1 fully saturated rings. The van der Waals surface area contributed by atoms with Gasteiger partial charge in [-0.3, -0.25) is 0 Å². The summed E-state index contributed by atoms with van der Waals surface area (Å²) in [5, 5.41) is 0.742. The quantitative estimate of drug-likeness (QED) is 0.809. The number of aromatic amines is 1. The van der Waals surface area contributed by atoms with Gasteiger partial charge in [0.05, 0.1) is 5.69 Å². The van der Waals surface area contributed by atoms with E-state index < -0.39 is 0 Å². The molecule has 4 heteroatoms. The summed E-state index contributed by atoms with van der Waals surface area (Å²) < 4.78 is 0.695. The molecule has 1 saturated carbocycles. The van der Waals surface area contributed by atoms with Gasteiger partial charge < -0.3 is 4.98 Å². The van der Waals surface area contributed by atoms with Crippen molar-refractivity contribution in [1.82, 2.24) is 9.97 Å². The molecule has 0 atom stereocenters. The summed E-state index contributed by atoms with van der Waals surface area (Å²) >= 11 is 11.3. The zero-order valence-corrected chi connectivity index (χ0v) is 11.6. The van der Waals surface area contributed by atoms with Crippen molar-refractivity contribution in [2.45, 2.75) is 25.7 Å². The van der Waals surface area contributed by atoms with Gasteiger partial charge in [-0.2, -0.15) is 0 Å². The molecule has 92 valence electrons. The third-order valence-corrected chi connectivity index (χ3v) is 3.92. The smallest absolute Gasteiger partial charge is 0.133 e. The number of hydrogen-bond donors (Lipinski definition) is 1. The molecule has 0 saturated heterocycles. The first kappa shape index (κ1) is 11.9. The highest BCUT2D eigenvalue weighted by Crippen LogP contribution is 2.39. The maximum absolute atomic E-state index is 5.92. The molecule has 1 N–H and O–H groups in total. The van der Waals surface area contributed by atoms with Crippen LogP contribution < -0.4 is 0 Å². The number of halogens is 1. The van der Waals surface area contributed by atoms with Crippen molar-refractivity contribution in [3.63, 3.8) is 0 Å². The molecule has 2 aromatic rings. The highest BCUT2D eigenvalue weighted by Gasteiger charge is 2.26. The van der Waals surface area contributed by atoms with Crippen molar-refractivity contribution in [3.8, 4) is 11.3 Å². The highest BCUT2D eigenvalue weighted by molar-refractivity contribution is 7.71. The van der Waals surface area contributed by atoms with E-state index in [1.807, 2.05) is 31.2 Å². The van der Waals surface area contributed by atoms with E-state index >= 15 is 0 Å². The van der Waals surface area contributed by atoms with E-state index in [-0.39, 0.29) is 0 Å². The largest absolute Gasteiger partial charge is 0.343 e. The molecule has 0 radical (unpaired) electrons. The lowest BCUT2D eigenvalue weighted by Crippen LogP contribution is -1.99. The normalized spacial score (nSPS) is 14.8. The van der Waals surface area contributed by atoms with Crippen LogP contribution in [0.3, 0.4) is 0 Å². The minimum atomic E-state index is 0.568. The molecule has 2 nitrogen and oxygen atoms in total. The van der Waals surface area contributed by atoms with Gasteiger partial charge in [-0.1, -0.05) is 36.0 Å². The van der Waals surface area contributed by atoms with Gasteiger partial charge in [0.15, 0.2) is 0 Å². The molecule has 0 amide bonds. The lowest BCUT2D eigenvalue weighted by molar-refractivity contribution is 0.914. The second-order valence-corrected chi connectivity index (χ2v) is 5.53. The summed E-state index contributed by atoms with van der Waals surface area (Å²) in [5.74, 6) is 1.59. The minimum absolute atomic E-state index is 0.568. The fourth-order valence-electron chi connectivity index (χ4n) is 2.01. The van der Waals surface area contributed by atoms with Gasteiger partial charge >= 0.3 is 0 Å². The Labute approximate surface area is 116 Å². The van der Waals surface area contributed by atoms with Gasteiger partial charge in [0, 0.05) is 16.5 Å². The van der Waals surface area contributed by atoms with Gasteiger partial charge in [0.25, 0.3) is 0 Å². The monoisotopic (exact) mass is 276 g/mol. The predicted molar refractivity (Wildman–Crippen MR) is 76.6 cm³/mol. The SMILES string of the molecule is Cc1c(-c2ccc(Cl)cc2)[nH]c(C2CC2)nc1=S. The van der Waals surface area contributed by atoms with E-state index in [9.17, 15) is 0 Å². The third-order valence-electron chi connectivity index (χ3n) is 3.27. The van der Waals surface area contributed by atoms with E-state index in [0.717, 1.165) is 27.7 Å². The van der Waals surface area contributed by atoms with Crippen molar-refractivity contribution in [2.24, 2.45) is 0 Å².